The van der Waals surface area contributed by atoms with Crippen molar-refractivity contribution in [3.63, 3.8) is 0 Å². The lowest BCUT2D eigenvalue weighted by Crippen LogP contribution is -2.14. The van der Waals surface area contributed by atoms with Gasteiger partial charge in [-0.25, -0.2) is 4.68 Å². The predicted octanol–water partition coefficient (Wildman–Crippen LogP) is 8.64. The van der Waals surface area contributed by atoms with E-state index in [1.54, 1.807) is 11.8 Å². The molecule has 40 heavy (non-hydrogen) atoms. The Bertz CT molecular complexity index is 1490. The molecule has 0 aliphatic rings. The molecule has 0 radical (unpaired) electrons. The van der Waals surface area contributed by atoms with Crippen molar-refractivity contribution in [2.24, 2.45) is 0 Å². The molecule has 1 amide bonds. The molecule has 4 rings (SSSR count). The van der Waals surface area contributed by atoms with Gasteiger partial charge in [0, 0.05) is 28.2 Å². The van der Waals surface area contributed by atoms with Crippen molar-refractivity contribution in [2.75, 3.05) is 11.9 Å². The van der Waals surface area contributed by atoms with E-state index < -0.39 is 5.56 Å². The summed E-state index contributed by atoms with van der Waals surface area (Å²) in [6, 6.07) is 20.7. The number of anilines is 1. The Labute approximate surface area is 252 Å². The van der Waals surface area contributed by atoms with Crippen LogP contribution in [-0.4, -0.2) is 22.3 Å². The molecule has 1 heterocycles. The number of unbranched alkanes of at least 4 members (excludes halogenated alkanes) is 2. The summed E-state index contributed by atoms with van der Waals surface area (Å²) in [6.07, 6.45) is 4.51. The molecule has 1 aromatic heterocycles. The lowest BCUT2D eigenvalue weighted by atomic mass is 10.1. The molecular weight excluding hydrogens is 589 g/mol. The number of carbonyl (C=O) groups excluding carboxylic acids is 1. The Hall–Kier alpha value is -3.10. The number of benzene rings is 3. The zero-order valence-electron chi connectivity index (χ0n) is 21.6. The highest BCUT2D eigenvalue weighted by atomic mass is 35.5. The second kappa shape index (κ2) is 14.5. The summed E-state index contributed by atoms with van der Waals surface area (Å²) in [5, 5.41) is 6.30. The third-order valence-electron chi connectivity index (χ3n) is 5.96. The monoisotopic (exact) mass is 615 g/mol. The number of hydrogen-bond donors (Lipinski definition) is 2. The molecule has 10 heteroatoms. The standard InChI is InChI=1S/C30H28Cl3N3O3S/c1-2-20-7-9-21(10-8-20)19-40-24-13-11-23(12-14-24)39-15-5-3-4-6-28(37)34-27-18-29(38)36(35-27)30-25(32)16-22(31)17-26(30)33/h2,7-14,16-18,35H,1,3-6,15,19H2,(H,34,37). The van der Waals surface area contributed by atoms with Crippen molar-refractivity contribution >= 4 is 64.4 Å². The number of carbonyl (C=O) groups is 1. The molecule has 208 valence electrons. The van der Waals surface area contributed by atoms with Gasteiger partial charge in [0.05, 0.1) is 16.7 Å². The van der Waals surface area contributed by atoms with Crippen LogP contribution < -0.4 is 15.6 Å². The smallest absolute Gasteiger partial charge is 0.273 e. The maximum Gasteiger partial charge on any atom is 0.273 e. The van der Waals surface area contributed by atoms with Gasteiger partial charge in [-0.15, -0.1) is 11.8 Å². The van der Waals surface area contributed by atoms with Crippen LogP contribution in [0.15, 0.2) is 83.0 Å². The molecular formula is C30H28Cl3N3O3S. The minimum atomic E-state index is -0.413. The van der Waals surface area contributed by atoms with Gasteiger partial charge in [0.2, 0.25) is 5.91 Å². The van der Waals surface area contributed by atoms with Gasteiger partial charge >= 0.3 is 0 Å². The number of H-pyrrole nitrogens is 1. The van der Waals surface area contributed by atoms with E-state index in [2.05, 4.69) is 53.4 Å². The fraction of sp³-hybridized carbons (Fsp3) is 0.200. The number of thioether (sulfide) groups is 1. The van der Waals surface area contributed by atoms with Crippen molar-refractivity contribution in [1.82, 2.24) is 9.78 Å². The number of aromatic amines is 1. The quantitative estimate of drug-likeness (QED) is 0.116. The highest BCUT2D eigenvalue weighted by Crippen LogP contribution is 2.31. The van der Waals surface area contributed by atoms with Gasteiger partial charge in [0.25, 0.3) is 5.56 Å². The molecule has 0 aliphatic heterocycles. The maximum absolute atomic E-state index is 12.4. The molecule has 0 aliphatic carbocycles. The number of aromatic nitrogens is 2. The van der Waals surface area contributed by atoms with Gasteiger partial charge in [-0.1, -0.05) is 71.7 Å². The fourth-order valence-corrected chi connectivity index (χ4v) is 5.73. The molecule has 0 bridgehead atoms. The van der Waals surface area contributed by atoms with Gasteiger partial charge in [-0.3, -0.25) is 14.7 Å². The van der Waals surface area contributed by atoms with Crippen LogP contribution >= 0.6 is 46.6 Å². The van der Waals surface area contributed by atoms with E-state index in [1.165, 1.54) is 33.3 Å². The molecule has 0 fully saturated rings. The third-order valence-corrected chi connectivity index (χ3v) is 7.84. The van der Waals surface area contributed by atoms with E-state index in [4.69, 9.17) is 39.5 Å². The molecule has 0 saturated heterocycles. The molecule has 3 aromatic carbocycles. The van der Waals surface area contributed by atoms with Gasteiger partial charge in [-0.2, -0.15) is 0 Å². The first-order chi connectivity index (χ1) is 19.3. The Kier molecular flexibility index (Phi) is 10.8. The SMILES string of the molecule is C=Cc1ccc(CSc2ccc(OCCCCCC(=O)Nc3cc(=O)n(-c4c(Cl)cc(Cl)cc4Cl)[nH]3)cc2)cc1. The van der Waals surface area contributed by atoms with E-state index in [-0.39, 0.29) is 27.5 Å². The third kappa shape index (κ3) is 8.45. The lowest BCUT2D eigenvalue weighted by molar-refractivity contribution is -0.116. The van der Waals surface area contributed by atoms with E-state index in [1.807, 2.05) is 18.2 Å². The molecule has 4 aromatic rings. The van der Waals surface area contributed by atoms with Gasteiger partial charge < -0.3 is 10.1 Å². The van der Waals surface area contributed by atoms with E-state index >= 15 is 0 Å². The van der Waals surface area contributed by atoms with Gasteiger partial charge in [0.1, 0.15) is 17.3 Å². The van der Waals surface area contributed by atoms with Gasteiger partial charge in [-0.05, 0) is 66.8 Å². The molecule has 0 saturated carbocycles. The van der Waals surface area contributed by atoms with Crippen molar-refractivity contribution in [3.8, 4) is 11.4 Å². The topological polar surface area (TPSA) is 76.1 Å². The summed E-state index contributed by atoms with van der Waals surface area (Å²) in [5.74, 6) is 1.78. The normalized spacial score (nSPS) is 10.9. The predicted molar refractivity (Wildman–Crippen MR) is 167 cm³/mol. The average Bonchev–Trinajstić information content (AvgIpc) is 3.28. The Balaban J connectivity index is 1.14. The maximum atomic E-state index is 12.4. The Morgan fingerprint density at radius 1 is 0.975 bits per heavy atom. The lowest BCUT2D eigenvalue weighted by Gasteiger charge is -2.09. The van der Waals surface area contributed by atoms with Crippen LogP contribution in [0.25, 0.3) is 11.8 Å². The highest BCUT2D eigenvalue weighted by molar-refractivity contribution is 7.98. The first-order valence-corrected chi connectivity index (χ1v) is 14.8. The summed E-state index contributed by atoms with van der Waals surface area (Å²) < 4.78 is 7.01. The summed E-state index contributed by atoms with van der Waals surface area (Å²) in [5.41, 5.74) is 2.24. The summed E-state index contributed by atoms with van der Waals surface area (Å²) >= 11 is 20.1. The van der Waals surface area contributed by atoms with Crippen molar-refractivity contribution in [1.29, 1.82) is 0 Å². The zero-order valence-corrected chi connectivity index (χ0v) is 24.7. The second-order valence-corrected chi connectivity index (χ2v) is 11.3. The van der Waals surface area contributed by atoms with Crippen LogP contribution in [-0.2, 0) is 10.5 Å². The highest BCUT2D eigenvalue weighted by Gasteiger charge is 2.15. The van der Waals surface area contributed by atoms with Crippen molar-refractivity contribution in [3.05, 3.63) is 110 Å². The summed E-state index contributed by atoms with van der Waals surface area (Å²) in [6.45, 7) is 4.36. The fourth-order valence-electron chi connectivity index (χ4n) is 3.89. The Morgan fingerprint density at radius 3 is 2.35 bits per heavy atom. The summed E-state index contributed by atoms with van der Waals surface area (Å²) in [7, 11) is 0. The minimum Gasteiger partial charge on any atom is -0.494 e. The van der Waals surface area contributed by atoms with Crippen LogP contribution in [0.4, 0.5) is 5.82 Å². The molecule has 2 N–H and O–H groups in total. The largest absolute Gasteiger partial charge is 0.494 e. The van der Waals surface area contributed by atoms with Crippen LogP contribution in [0.3, 0.4) is 0 Å². The number of amides is 1. The number of rotatable bonds is 13. The van der Waals surface area contributed by atoms with Crippen molar-refractivity contribution < 1.29 is 9.53 Å². The zero-order chi connectivity index (χ0) is 28.5. The van der Waals surface area contributed by atoms with Crippen LogP contribution in [0.2, 0.25) is 15.1 Å². The number of nitrogens with zero attached hydrogens (tertiary/aromatic N) is 1. The van der Waals surface area contributed by atoms with Crippen molar-refractivity contribution in [2.45, 2.75) is 36.3 Å². The van der Waals surface area contributed by atoms with Crippen LogP contribution in [0, 0.1) is 0 Å². The summed E-state index contributed by atoms with van der Waals surface area (Å²) in [4.78, 5) is 25.9. The van der Waals surface area contributed by atoms with E-state index in [0.717, 1.165) is 29.9 Å². The number of halogens is 3. The van der Waals surface area contributed by atoms with E-state index in [9.17, 15) is 9.59 Å². The minimum absolute atomic E-state index is 0.202. The van der Waals surface area contributed by atoms with Crippen LogP contribution in [0.5, 0.6) is 5.75 Å². The molecule has 0 spiro atoms. The Morgan fingerprint density at radius 2 is 1.68 bits per heavy atom. The molecule has 0 unspecified atom stereocenters. The number of ether oxygens (including phenoxy) is 1. The van der Waals surface area contributed by atoms with E-state index in [0.29, 0.717) is 24.5 Å². The second-order valence-electron chi connectivity index (χ2n) is 8.97. The number of hydrogen-bond acceptors (Lipinski definition) is 4. The van der Waals surface area contributed by atoms with Crippen LogP contribution in [0.1, 0.15) is 36.8 Å². The van der Waals surface area contributed by atoms with Gasteiger partial charge in [0.15, 0.2) is 0 Å². The first kappa shape index (κ1) is 29.9. The average molecular weight is 617 g/mol. The molecule has 6 nitrogen and oxygen atoms in total. The number of nitrogens with one attached hydrogen (secondary N) is 2. The first-order valence-electron chi connectivity index (χ1n) is 12.7. The molecule has 0 atom stereocenters.